The van der Waals surface area contributed by atoms with Crippen molar-refractivity contribution in [1.29, 1.82) is 0 Å². The third-order valence-electron chi connectivity index (χ3n) is 2.93. The van der Waals surface area contributed by atoms with Crippen molar-refractivity contribution in [2.45, 2.75) is 6.92 Å². The molecule has 0 radical (unpaired) electrons. The zero-order valence-corrected chi connectivity index (χ0v) is 13.6. The molecule has 0 fully saturated rings. The summed E-state index contributed by atoms with van der Waals surface area (Å²) in [6, 6.07) is 10.8. The van der Waals surface area contributed by atoms with Gasteiger partial charge in [0.1, 0.15) is 5.69 Å². The molecule has 0 unspecified atom stereocenters. The predicted octanol–water partition coefficient (Wildman–Crippen LogP) is 3.24. The number of nitro benzene ring substituents is 1. The van der Waals surface area contributed by atoms with Gasteiger partial charge in [-0.1, -0.05) is 18.2 Å². The highest BCUT2D eigenvalue weighted by atomic mass is 79.9. The molecule has 0 saturated carbocycles. The first kappa shape index (κ1) is 16.6. The van der Waals surface area contributed by atoms with Gasteiger partial charge in [-0.25, -0.2) is 0 Å². The lowest BCUT2D eigenvalue weighted by Crippen LogP contribution is -2.29. The van der Waals surface area contributed by atoms with Crippen LogP contribution in [-0.4, -0.2) is 16.7 Å². The van der Waals surface area contributed by atoms with Gasteiger partial charge in [0, 0.05) is 10.5 Å². The number of nitro groups is 1. The summed E-state index contributed by atoms with van der Waals surface area (Å²) in [6.45, 7) is 1.89. The summed E-state index contributed by atoms with van der Waals surface area (Å²) >= 11 is 3.29. The molecule has 0 aliphatic rings. The minimum absolute atomic E-state index is 0.0411. The number of halogens is 1. The van der Waals surface area contributed by atoms with Crippen LogP contribution in [0.15, 0.2) is 46.9 Å². The molecule has 0 spiro atoms. The molecule has 2 aromatic rings. The number of hydrogen-bond acceptors (Lipinski definition) is 4. The SMILES string of the molecule is Cc1ccc(NC(=O)C(=O)Nc2ccccc2[N+](=O)[O-])c(Br)c1. The summed E-state index contributed by atoms with van der Waals surface area (Å²) in [5.74, 6) is -1.92. The Kier molecular flexibility index (Phi) is 5.07. The van der Waals surface area contributed by atoms with E-state index in [1.54, 1.807) is 18.2 Å². The van der Waals surface area contributed by atoms with Crippen molar-refractivity contribution >= 4 is 44.8 Å². The Morgan fingerprint density at radius 2 is 1.65 bits per heavy atom. The number of nitrogens with one attached hydrogen (secondary N) is 2. The monoisotopic (exact) mass is 377 g/mol. The minimum Gasteiger partial charge on any atom is -0.317 e. The van der Waals surface area contributed by atoms with Gasteiger partial charge in [-0.3, -0.25) is 19.7 Å². The molecule has 23 heavy (non-hydrogen) atoms. The third-order valence-corrected chi connectivity index (χ3v) is 3.58. The first-order valence-electron chi connectivity index (χ1n) is 6.50. The van der Waals surface area contributed by atoms with E-state index in [-0.39, 0.29) is 11.4 Å². The normalized spacial score (nSPS) is 10.0. The van der Waals surface area contributed by atoms with Crippen LogP contribution in [0.1, 0.15) is 5.56 Å². The molecule has 0 aliphatic heterocycles. The van der Waals surface area contributed by atoms with E-state index in [0.717, 1.165) is 5.56 Å². The Hall–Kier alpha value is -2.74. The standard InChI is InChI=1S/C15H12BrN3O4/c1-9-6-7-11(10(16)8-9)17-14(20)15(21)18-12-4-2-3-5-13(12)19(22)23/h2-8H,1H3,(H,17,20)(H,18,21). The van der Waals surface area contributed by atoms with Gasteiger partial charge in [-0.05, 0) is 46.6 Å². The molecule has 7 nitrogen and oxygen atoms in total. The Labute approximate surface area is 140 Å². The third kappa shape index (κ3) is 4.13. The van der Waals surface area contributed by atoms with Crippen LogP contribution >= 0.6 is 15.9 Å². The van der Waals surface area contributed by atoms with Crippen molar-refractivity contribution in [1.82, 2.24) is 0 Å². The molecule has 8 heteroatoms. The van der Waals surface area contributed by atoms with Crippen molar-refractivity contribution in [3.63, 3.8) is 0 Å². The number of para-hydroxylation sites is 2. The van der Waals surface area contributed by atoms with E-state index in [0.29, 0.717) is 10.2 Å². The van der Waals surface area contributed by atoms with Gasteiger partial charge < -0.3 is 10.6 Å². The molecular weight excluding hydrogens is 366 g/mol. The average molecular weight is 378 g/mol. The van der Waals surface area contributed by atoms with Crippen LogP contribution in [-0.2, 0) is 9.59 Å². The summed E-state index contributed by atoms with van der Waals surface area (Å²) in [6.07, 6.45) is 0. The second kappa shape index (κ2) is 7.01. The number of anilines is 2. The summed E-state index contributed by atoms with van der Waals surface area (Å²) in [7, 11) is 0. The number of nitrogens with zero attached hydrogens (tertiary/aromatic N) is 1. The molecule has 2 N–H and O–H groups in total. The Morgan fingerprint density at radius 3 is 2.26 bits per heavy atom. The van der Waals surface area contributed by atoms with Gasteiger partial charge in [0.15, 0.2) is 0 Å². The van der Waals surface area contributed by atoms with E-state index in [1.165, 1.54) is 24.3 Å². The van der Waals surface area contributed by atoms with Crippen molar-refractivity contribution in [3.05, 3.63) is 62.6 Å². The molecule has 2 amide bonds. The van der Waals surface area contributed by atoms with E-state index in [9.17, 15) is 19.7 Å². The zero-order valence-electron chi connectivity index (χ0n) is 12.0. The predicted molar refractivity (Wildman–Crippen MR) is 89.2 cm³/mol. The Balaban J connectivity index is 2.12. The summed E-state index contributed by atoms with van der Waals surface area (Å²) in [5, 5.41) is 15.6. The van der Waals surface area contributed by atoms with E-state index >= 15 is 0 Å². The molecule has 118 valence electrons. The van der Waals surface area contributed by atoms with Gasteiger partial charge in [0.05, 0.1) is 10.6 Å². The minimum atomic E-state index is -0.994. The number of carbonyl (C=O) groups excluding carboxylic acids is 2. The number of aryl methyl sites for hydroxylation is 1. The lowest BCUT2D eigenvalue weighted by molar-refractivity contribution is -0.383. The average Bonchev–Trinajstić information content (AvgIpc) is 2.50. The zero-order chi connectivity index (χ0) is 17.0. The van der Waals surface area contributed by atoms with Gasteiger partial charge >= 0.3 is 11.8 Å². The fourth-order valence-electron chi connectivity index (χ4n) is 1.82. The highest BCUT2D eigenvalue weighted by molar-refractivity contribution is 9.10. The molecule has 2 rings (SSSR count). The van der Waals surface area contributed by atoms with Crippen LogP contribution in [0.4, 0.5) is 17.1 Å². The number of carbonyl (C=O) groups is 2. The van der Waals surface area contributed by atoms with Crippen molar-refractivity contribution in [3.8, 4) is 0 Å². The highest BCUT2D eigenvalue weighted by Gasteiger charge is 2.20. The number of rotatable bonds is 3. The molecule has 0 heterocycles. The van der Waals surface area contributed by atoms with E-state index in [1.807, 2.05) is 6.92 Å². The maximum absolute atomic E-state index is 11.9. The summed E-state index contributed by atoms with van der Waals surface area (Å²) in [4.78, 5) is 34.1. The van der Waals surface area contributed by atoms with Crippen LogP contribution in [0, 0.1) is 17.0 Å². The fraction of sp³-hybridized carbons (Fsp3) is 0.0667. The summed E-state index contributed by atoms with van der Waals surface area (Å²) < 4.78 is 0.629. The van der Waals surface area contributed by atoms with Crippen LogP contribution in [0.3, 0.4) is 0 Å². The smallest absolute Gasteiger partial charge is 0.314 e. The molecule has 2 aromatic carbocycles. The van der Waals surface area contributed by atoms with Crippen LogP contribution < -0.4 is 10.6 Å². The second-order valence-electron chi connectivity index (χ2n) is 4.67. The Bertz CT molecular complexity index is 792. The Morgan fingerprint density at radius 1 is 1.04 bits per heavy atom. The van der Waals surface area contributed by atoms with E-state index in [4.69, 9.17) is 0 Å². The van der Waals surface area contributed by atoms with Crippen LogP contribution in [0.25, 0.3) is 0 Å². The lowest BCUT2D eigenvalue weighted by atomic mass is 10.2. The molecule has 0 atom stereocenters. The quantitative estimate of drug-likeness (QED) is 0.486. The number of hydrogen-bond donors (Lipinski definition) is 2. The topological polar surface area (TPSA) is 101 Å². The van der Waals surface area contributed by atoms with Gasteiger partial charge in [-0.15, -0.1) is 0 Å². The largest absolute Gasteiger partial charge is 0.317 e. The first-order chi connectivity index (χ1) is 10.9. The molecule has 0 aromatic heterocycles. The van der Waals surface area contributed by atoms with Gasteiger partial charge in [0.25, 0.3) is 5.69 Å². The van der Waals surface area contributed by atoms with Gasteiger partial charge in [0.2, 0.25) is 0 Å². The highest BCUT2D eigenvalue weighted by Crippen LogP contribution is 2.25. The van der Waals surface area contributed by atoms with Gasteiger partial charge in [-0.2, -0.15) is 0 Å². The summed E-state index contributed by atoms with van der Waals surface area (Å²) in [5.41, 5.74) is 1.09. The molecule has 0 saturated heterocycles. The van der Waals surface area contributed by atoms with Crippen molar-refractivity contribution < 1.29 is 14.5 Å². The number of benzene rings is 2. The van der Waals surface area contributed by atoms with E-state index < -0.39 is 16.7 Å². The van der Waals surface area contributed by atoms with Crippen molar-refractivity contribution in [2.24, 2.45) is 0 Å². The lowest BCUT2D eigenvalue weighted by Gasteiger charge is -2.09. The maximum atomic E-state index is 11.9. The van der Waals surface area contributed by atoms with Crippen LogP contribution in [0.5, 0.6) is 0 Å². The number of amides is 2. The fourth-order valence-corrected chi connectivity index (χ4v) is 2.41. The first-order valence-corrected chi connectivity index (χ1v) is 7.29. The van der Waals surface area contributed by atoms with Crippen LogP contribution in [0.2, 0.25) is 0 Å². The van der Waals surface area contributed by atoms with Crippen molar-refractivity contribution in [2.75, 3.05) is 10.6 Å². The molecular formula is C15H12BrN3O4. The molecule has 0 bridgehead atoms. The van der Waals surface area contributed by atoms with E-state index in [2.05, 4.69) is 26.6 Å². The maximum Gasteiger partial charge on any atom is 0.314 e. The molecule has 0 aliphatic carbocycles. The second-order valence-corrected chi connectivity index (χ2v) is 5.52.